The zero-order valence-electron chi connectivity index (χ0n) is 15.0. The second-order valence-electron chi connectivity index (χ2n) is 6.54. The van der Waals surface area contributed by atoms with Crippen LogP contribution in [-0.2, 0) is 16.4 Å². The fraction of sp³-hybridized carbons (Fsp3) is 0.400. The molecular weight excluding hydrogens is 350 g/mol. The standard InChI is InChI=1S/C20H25NO4S/c1-24-19-9-7-17(8-10-19)15-21(18-11-14-26(22,23)16-18)12-13-25-20-5-3-2-4-6-20/h2-10,18H,11-16H2,1H3. The Morgan fingerprint density at radius 2 is 1.77 bits per heavy atom. The number of methoxy groups -OCH3 is 1. The summed E-state index contributed by atoms with van der Waals surface area (Å²) in [6.45, 7) is 1.90. The average Bonchev–Trinajstić information content (AvgIpc) is 3.02. The summed E-state index contributed by atoms with van der Waals surface area (Å²) in [6, 6.07) is 17.6. The summed E-state index contributed by atoms with van der Waals surface area (Å²) < 4.78 is 34.8. The van der Waals surface area contributed by atoms with Crippen LogP contribution in [-0.4, -0.2) is 51.1 Å². The lowest BCUT2D eigenvalue weighted by Gasteiger charge is -2.28. The molecule has 2 aromatic rings. The van der Waals surface area contributed by atoms with E-state index in [-0.39, 0.29) is 17.5 Å². The molecule has 1 aliphatic rings. The van der Waals surface area contributed by atoms with E-state index in [0.717, 1.165) is 17.1 Å². The molecule has 0 N–H and O–H groups in total. The Morgan fingerprint density at radius 3 is 2.38 bits per heavy atom. The van der Waals surface area contributed by atoms with Gasteiger partial charge in [0.25, 0.3) is 0 Å². The van der Waals surface area contributed by atoms with Gasteiger partial charge in [-0.15, -0.1) is 0 Å². The molecule has 1 heterocycles. The van der Waals surface area contributed by atoms with Crippen molar-refractivity contribution in [2.75, 3.05) is 31.8 Å². The molecule has 0 aliphatic carbocycles. The van der Waals surface area contributed by atoms with Crippen molar-refractivity contribution in [3.63, 3.8) is 0 Å². The van der Waals surface area contributed by atoms with E-state index in [1.54, 1.807) is 7.11 Å². The number of para-hydroxylation sites is 1. The van der Waals surface area contributed by atoms with Gasteiger partial charge in [-0.05, 0) is 36.2 Å². The van der Waals surface area contributed by atoms with Gasteiger partial charge in [-0.2, -0.15) is 0 Å². The Hall–Kier alpha value is -2.05. The lowest BCUT2D eigenvalue weighted by molar-refractivity contribution is 0.163. The molecule has 0 saturated carbocycles. The van der Waals surface area contributed by atoms with E-state index in [0.29, 0.717) is 26.1 Å². The van der Waals surface area contributed by atoms with Gasteiger partial charge in [-0.3, -0.25) is 4.90 Å². The van der Waals surface area contributed by atoms with Gasteiger partial charge in [0.1, 0.15) is 18.1 Å². The van der Waals surface area contributed by atoms with Crippen LogP contribution < -0.4 is 9.47 Å². The van der Waals surface area contributed by atoms with Crippen LogP contribution in [0.25, 0.3) is 0 Å². The smallest absolute Gasteiger partial charge is 0.151 e. The summed E-state index contributed by atoms with van der Waals surface area (Å²) in [5.41, 5.74) is 1.13. The van der Waals surface area contributed by atoms with E-state index in [9.17, 15) is 8.42 Å². The van der Waals surface area contributed by atoms with Crippen molar-refractivity contribution in [1.29, 1.82) is 0 Å². The van der Waals surface area contributed by atoms with Crippen molar-refractivity contribution < 1.29 is 17.9 Å². The monoisotopic (exact) mass is 375 g/mol. The van der Waals surface area contributed by atoms with E-state index >= 15 is 0 Å². The largest absolute Gasteiger partial charge is 0.497 e. The number of benzene rings is 2. The van der Waals surface area contributed by atoms with Crippen molar-refractivity contribution in [2.45, 2.75) is 19.0 Å². The van der Waals surface area contributed by atoms with E-state index in [1.807, 2.05) is 54.6 Å². The third-order valence-electron chi connectivity index (χ3n) is 4.66. The zero-order valence-corrected chi connectivity index (χ0v) is 15.8. The molecule has 26 heavy (non-hydrogen) atoms. The highest BCUT2D eigenvalue weighted by Crippen LogP contribution is 2.21. The summed E-state index contributed by atoms with van der Waals surface area (Å²) in [7, 11) is -1.28. The number of rotatable bonds is 8. The lowest BCUT2D eigenvalue weighted by Crippen LogP contribution is -2.38. The Morgan fingerprint density at radius 1 is 1.04 bits per heavy atom. The van der Waals surface area contributed by atoms with Crippen molar-refractivity contribution in [2.24, 2.45) is 0 Å². The SMILES string of the molecule is COc1ccc(CN(CCOc2ccccc2)C2CCS(=O)(=O)C2)cc1. The maximum absolute atomic E-state index is 11.9. The van der Waals surface area contributed by atoms with Crippen molar-refractivity contribution in [3.05, 3.63) is 60.2 Å². The maximum Gasteiger partial charge on any atom is 0.151 e. The molecule has 0 amide bonds. The molecule has 0 bridgehead atoms. The van der Waals surface area contributed by atoms with Crippen molar-refractivity contribution in [1.82, 2.24) is 4.90 Å². The molecule has 6 heteroatoms. The first-order chi connectivity index (χ1) is 12.6. The van der Waals surface area contributed by atoms with E-state index in [2.05, 4.69) is 4.90 Å². The van der Waals surface area contributed by atoms with Crippen LogP contribution in [0.3, 0.4) is 0 Å². The molecule has 140 valence electrons. The van der Waals surface area contributed by atoms with Gasteiger partial charge in [0.15, 0.2) is 9.84 Å². The normalized spacial score (nSPS) is 18.8. The minimum Gasteiger partial charge on any atom is -0.497 e. The van der Waals surface area contributed by atoms with Gasteiger partial charge in [0, 0.05) is 19.1 Å². The Bertz CT molecular complexity index is 790. The second kappa shape index (κ2) is 8.56. The van der Waals surface area contributed by atoms with Crippen LogP contribution in [0.1, 0.15) is 12.0 Å². The summed E-state index contributed by atoms with van der Waals surface area (Å²) >= 11 is 0. The summed E-state index contributed by atoms with van der Waals surface area (Å²) in [6.07, 6.45) is 0.684. The van der Waals surface area contributed by atoms with Crippen LogP contribution in [0, 0.1) is 0 Å². The summed E-state index contributed by atoms with van der Waals surface area (Å²) in [5.74, 6) is 2.15. The van der Waals surface area contributed by atoms with Crippen LogP contribution >= 0.6 is 0 Å². The number of sulfone groups is 1. The lowest BCUT2D eigenvalue weighted by atomic mass is 10.1. The molecule has 3 rings (SSSR count). The second-order valence-corrected chi connectivity index (χ2v) is 8.77. The van der Waals surface area contributed by atoms with Gasteiger partial charge < -0.3 is 9.47 Å². The highest BCUT2D eigenvalue weighted by molar-refractivity contribution is 7.91. The first-order valence-electron chi connectivity index (χ1n) is 8.81. The molecule has 1 saturated heterocycles. The van der Waals surface area contributed by atoms with Gasteiger partial charge in [0.05, 0.1) is 18.6 Å². The number of hydrogen-bond acceptors (Lipinski definition) is 5. The van der Waals surface area contributed by atoms with Crippen LogP contribution in [0.15, 0.2) is 54.6 Å². The first kappa shape index (κ1) is 18.7. The van der Waals surface area contributed by atoms with Gasteiger partial charge >= 0.3 is 0 Å². The number of nitrogens with zero attached hydrogens (tertiary/aromatic N) is 1. The highest BCUT2D eigenvalue weighted by Gasteiger charge is 2.32. The summed E-state index contributed by atoms with van der Waals surface area (Å²) in [4.78, 5) is 2.22. The van der Waals surface area contributed by atoms with E-state index < -0.39 is 9.84 Å². The number of ether oxygens (including phenoxy) is 2. The zero-order chi connectivity index (χ0) is 18.4. The molecular formula is C20H25NO4S. The Balaban J connectivity index is 1.64. The molecule has 0 aromatic heterocycles. The predicted molar refractivity (Wildman–Crippen MR) is 102 cm³/mol. The maximum atomic E-state index is 11.9. The van der Waals surface area contributed by atoms with Gasteiger partial charge in [-0.1, -0.05) is 30.3 Å². The van der Waals surface area contributed by atoms with E-state index in [1.165, 1.54) is 0 Å². The van der Waals surface area contributed by atoms with Gasteiger partial charge in [-0.25, -0.2) is 8.42 Å². The highest BCUT2D eigenvalue weighted by atomic mass is 32.2. The molecule has 5 nitrogen and oxygen atoms in total. The quantitative estimate of drug-likeness (QED) is 0.710. The Labute approximate surface area is 155 Å². The van der Waals surface area contributed by atoms with Crippen LogP contribution in [0.4, 0.5) is 0 Å². The van der Waals surface area contributed by atoms with Gasteiger partial charge in [0.2, 0.25) is 0 Å². The molecule has 1 aliphatic heterocycles. The average molecular weight is 375 g/mol. The minimum absolute atomic E-state index is 0.0430. The summed E-state index contributed by atoms with van der Waals surface area (Å²) in [5, 5.41) is 0. The third kappa shape index (κ3) is 5.22. The molecule has 2 aromatic carbocycles. The first-order valence-corrected chi connectivity index (χ1v) is 10.6. The predicted octanol–water partition coefficient (Wildman–Crippen LogP) is 2.76. The molecule has 0 radical (unpaired) electrons. The molecule has 1 unspecified atom stereocenters. The van der Waals surface area contributed by atoms with Crippen molar-refractivity contribution in [3.8, 4) is 11.5 Å². The topological polar surface area (TPSA) is 55.8 Å². The van der Waals surface area contributed by atoms with Crippen LogP contribution in [0.5, 0.6) is 11.5 Å². The fourth-order valence-electron chi connectivity index (χ4n) is 3.22. The van der Waals surface area contributed by atoms with Crippen molar-refractivity contribution >= 4 is 9.84 Å². The minimum atomic E-state index is -2.92. The fourth-order valence-corrected chi connectivity index (χ4v) is 4.98. The molecule has 0 spiro atoms. The Kier molecular flexibility index (Phi) is 6.16. The molecule has 1 atom stereocenters. The number of hydrogen-bond donors (Lipinski definition) is 0. The molecule has 1 fully saturated rings. The van der Waals surface area contributed by atoms with E-state index in [4.69, 9.17) is 9.47 Å². The third-order valence-corrected chi connectivity index (χ3v) is 6.41. The van der Waals surface area contributed by atoms with Crippen LogP contribution in [0.2, 0.25) is 0 Å².